The molecule has 4 aromatic carbocycles. The molecule has 0 atom stereocenters. The number of para-hydroxylation sites is 1. The third kappa shape index (κ3) is 5.71. The molecule has 0 saturated carbocycles. The van der Waals surface area contributed by atoms with Crippen LogP contribution >= 0.6 is 11.8 Å². The number of carboxylic acid groups (broad SMARTS) is 1. The van der Waals surface area contributed by atoms with E-state index in [-0.39, 0.29) is 5.56 Å². The Labute approximate surface area is 242 Å². The molecule has 1 aliphatic heterocycles. The summed E-state index contributed by atoms with van der Waals surface area (Å²) in [5.74, 6) is -0.221. The van der Waals surface area contributed by atoms with E-state index in [0.717, 1.165) is 45.1 Å². The van der Waals surface area contributed by atoms with Crippen LogP contribution in [0.4, 0.5) is 0 Å². The van der Waals surface area contributed by atoms with E-state index in [0.29, 0.717) is 17.1 Å². The van der Waals surface area contributed by atoms with Crippen molar-refractivity contribution >= 4 is 45.2 Å². The van der Waals surface area contributed by atoms with Crippen molar-refractivity contribution in [3.8, 4) is 11.3 Å². The summed E-state index contributed by atoms with van der Waals surface area (Å²) in [6, 6.07) is 37.5. The number of carbonyl (C=O) groups is 1. The summed E-state index contributed by atoms with van der Waals surface area (Å²) in [6.07, 6.45) is 0. The van der Waals surface area contributed by atoms with Gasteiger partial charge in [-0.1, -0.05) is 102 Å². The summed E-state index contributed by atoms with van der Waals surface area (Å²) in [6.45, 7) is 2.45. The van der Waals surface area contributed by atoms with Crippen LogP contribution < -0.4 is 4.57 Å². The number of pyridine rings is 1. The lowest BCUT2D eigenvalue weighted by molar-refractivity contribution is -0.644. The molecule has 1 aromatic heterocycles. The highest BCUT2D eigenvalue weighted by molar-refractivity contribution is 8.15. The fourth-order valence-corrected chi connectivity index (χ4v) is 5.65. The molecule has 0 amide bonds. The van der Waals surface area contributed by atoms with Crippen LogP contribution in [0.2, 0.25) is 0 Å². The number of benzene rings is 4. The largest absolute Gasteiger partial charge is 0.478 e. The zero-order chi connectivity index (χ0) is 28.2. The zero-order valence-corrected chi connectivity index (χ0v) is 23.3. The van der Waals surface area contributed by atoms with E-state index < -0.39 is 5.97 Å². The number of aromatic nitrogens is 1. The maximum Gasteiger partial charge on any atom is 0.336 e. The Morgan fingerprint density at radius 3 is 2.29 bits per heavy atom. The van der Waals surface area contributed by atoms with Crippen LogP contribution in [0.1, 0.15) is 27.0 Å². The Bertz CT molecular complexity index is 1830. The highest BCUT2D eigenvalue weighted by Crippen LogP contribution is 2.25. The maximum atomic E-state index is 12.3. The number of hydrogen-bond donors (Lipinski definition) is 1. The van der Waals surface area contributed by atoms with Gasteiger partial charge in [0.05, 0.1) is 16.7 Å². The smallest absolute Gasteiger partial charge is 0.336 e. The molecule has 2 heterocycles. The van der Waals surface area contributed by atoms with Crippen LogP contribution in [0.25, 0.3) is 22.2 Å². The Morgan fingerprint density at radius 2 is 1.56 bits per heavy atom. The van der Waals surface area contributed by atoms with Gasteiger partial charge in [0.15, 0.2) is 6.54 Å². The summed E-state index contributed by atoms with van der Waals surface area (Å²) in [7, 11) is 0. The minimum absolute atomic E-state index is 0.259. The molecule has 0 fully saturated rings. The number of carboxylic acids is 1. The molecule has 6 rings (SSSR count). The summed E-state index contributed by atoms with van der Waals surface area (Å²) >= 11 is 1.57. The van der Waals surface area contributed by atoms with Crippen LogP contribution in [0.15, 0.2) is 130 Å². The van der Waals surface area contributed by atoms with Crippen molar-refractivity contribution in [2.75, 3.05) is 5.75 Å². The molecule has 0 spiro atoms. The number of thioether (sulfide) groups is 1. The molecular formula is C34H27N4O2S+. The monoisotopic (exact) mass is 555 g/mol. The fraction of sp³-hybridized carbons (Fsp3) is 0.0882. The van der Waals surface area contributed by atoms with Gasteiger partial charge in [-0.2, -0.15) is 4.57 Å². The average Bonchev–Trinajstić information content (AvgIpc) is 3.49. The van der Waals surface area contributed by atoms with Crippen molar-refractivity contribution in [1.82, 2.24) is 0 Å². The predicted octanol–water partition coefficient (Wildman–Crippen LogP) is 6.80. The van der Waals surface area contributed by atoms with Crippen molar-refractivity contribution < 1.29 is 14.5 Å². The van der Waals surface area contributed by atoms with Gasteiger partial charge in [0.2, 0.25) is 16.4 Å². The van der Waals surface area contributed by atoms with Gasteiger partial charge in [0, 0.05) is 29.0 Å². The number of aliphatic imine (C=N–C) groups is 1. The highest BCUT2D eigenvalue weighted by atomic mass is 32.2. The van der Waals surface area contributed by atoms with Crippen molar-refractivity contribution in [3.63, 3.8) is 0 Å². The normalized spacial score (nSPS) is 14.4. The fourth-order valence-electron chi connectivity index (χ4n) is 4.88. The van der Waals surface area contributed by atoms with E-state index in [4.69, 9.17) is 10.1 Å². The van der Waals surface area contributed by atoms with Crippen molar-refractivity contribution in [3.05, 3.63) is 138 Å². The summed E-state index contributed by atoms with van der Waals surface area (Å²) in [4.78, 5) is 17.0. The van der Waals surface area contributed by atoms with Crippen molar-refractivity contribution in [2.24, 2.45) is 15.2 Å². The van der Waals surface area contributed by atoms with Gasteiger partial charge in [-0.05, 0) is 30.7 Å². The molecule has 0 aliphatic carbocycles. The first-order valence-corrected chi connectivity index (χ1v) is 14.3. The van der Waals surface area contributed by atoms with Crippen LogP contribution in [0.5, 0.6) is 0 Å². The Morgan fingerprint density at radius 1 is 0.878 bits per heavy atom. The molecule has 200 valence electrons. The van der Waals surface area contributed by atoms with Gasteiger partial charge in [-0.3, -0.25) is 0 Å². The van der Waals surface area contributed by atoms with Gasteiger partial charge in [0.25, 0.3) is 0 Å². The molecule has 0 unspecified atom stereocenters. The molecule has 7 heteroatoms. The SMILES string of the molecule is Cc1ccc(C2=N/C(=N/N=C(/C[n+]3c(-c4ccccc4)cc(C(=O)O)c4ccccc43)c3ccccc3)SC2)cc1. The molecule has 6 nitrogen and oxygen atoms in total. The van der Waals surface area contributed by atoms with E-state index in [9.17, 15) is 9.90 Å². The predicted molar refractivity (Wildman–Crippen MR) is 167 cm³/mol. The number of aromatic carboxylic acids is 1. The number of hydrogen-bond acceptors (Lipinski definition) is 4. The molecule has 1 aliphatic rings. The molecule has 41 heavy (non-hydrogen) atoms. The lowest BCUT2D eigenvalue weighted by atomic mass is 10.0. The van der Waals surface area contributed by atoms with Crippen LogP contribution in [0, 0.1) is 6.92 Å². The van der Waals surface area contributed by atoms with E-state index >= 15 is 0 Å². The van der Waals surface area contributed by atoms with E-state index in [1.54, 1.807) is 17.8 Å². The molecule has 5 aromatic rings. The number of fused-ring (bicyclic) bond motifs is 1. The Kier molecular flexibility index (Phi) is 7.52. The summed E-state index contributed by atoms with van der Waals surface area (Å²) in [5.41, 5.74) is 7.73. The Balaban J connectivity index is 1.47. The number of aryl methyl sites for hydroxylation is 1. The molecule has 0 saturated heterocycles. The summed E-state index contributed by atoms with van der Waals surface area (Å²) in [5, 5.41) is 20.7. The first-order chi connectivity index (χ1) is 20.1. The van der Waals surface area contributed by atoms with Crippen molar-refractivity contribution in [1.29, 1.82) is 0 Å². The first kappa shape index (κ1) is 26.3. The first-order valence-electron chi connectivity index (χ1n) is 13.3. The zero-order valence-electron chi connectivity index (χ0n) is 22.4. The maximum absolute atomic E-state index is 12.3. The van der Waals surface area contributed by atoms with E-state index in [2.05, 4.69) is 40.9 Å². The lowest BCUT2D eigenvalue weighted by Crippen LogP contribution is -2.41. The Hall–Kier alpha value is -4.88. The van der Waals surface area contributed by atoms with Crippen LogP contribution in [0.3, 0.4) is 0 Å². The van der Waals surface area contributed by atoms with Gasteiger partial charge in [-0.15, -0.1) is 10.2 Å². The molecule has 1 N–H and O–H groups in total. The number of nitrogens with zero attached hydrogens (tertiary/aromatic N) is 4. The molecule has 0 bridgehead atoms. The highest BCUT2D eigenvalue weighted by Gasteiger charge is 2.25. The number of amidine groups is 1. The van der Waals surface area contributed by atoms with Gasteiger partial charge < -0.3 is 5.11 Å². The standard InChI is InChI=1S/C34H26N4O2S/c1-23-16-18-25(19-17-23)30-22-41-34(35-30)37-36-29(24-10-4-2-5-11-24)21-38-31-15-9-8-14-27(31)28(33(39)40)20-32(38)26-12-6-3-7-13-26/h2-20H,21-22H2,1H3/p+1/b36-29-,37-34-. The van der Waals surface area contributed by atoms with E-state index in [1.807, 2.05) is 84.9 Å². The van der Waals surface area contributed by atoms with Crippen molar-refractivity contribution in [2.45, 2.75) is 13.5 Å². The number of rotatable bonds is 7. The second kappa shape index (κ2) is 11.7. The topological polar surface area (TPSA) is 78.3 Å². The van der Waals surface area contributed by atoms with Crippen LogP contribution in [-0.4, -0.2) is 33.4 Å². The quantitative estimate of drug-likeness (QED) is 0.136. The summed E-state index contributed by atoms with van der Waals surface area (Å²) < 4.78 is 2.12. The minimum Gasteiger partial charge on any atom is -0.478 e. The van der Waals surface area contributed by atoms with E-state index in [1.165, 1.54) is 5.56 Å². The van der Waals surface area contributed by atoms with Gasteiger partial charge in [-0.25, -0.2) is 9.79 Å². The van der Waals surface area contributed by atoms with Gasteiger partial charge in [0.1, 0.15) is 5.71 Å². The van der Waals surface area contributed by atoms with Gasteiger partial charge >= 0.3 is 5.97 Å². The lowest BCUT2D eigenvalue weighted by Gasteiger charge is -2.11. The molecule has 0 radical (unpaired) electrons. The average molecular weight is 556 g/mol. The minimum atomic E-state index is -0.964. The third-order valence-electron chi connectivity index (χ3n) is 6.98. The second-order valence-corrected chi connectivity index (χ2v) is 10.7. The third-order valence-corrected chi connectivity index (χ3v) is 7.83. The second-order valence-electron chi connectivity index (χ2n) is 9.73. The molecular weight excluding hydrogens is 528 g/mol. The van der Waals surface area contributed by atoms with Crippen LogP contribution in [-0.2, 0) is 6.54 Å².